The molecule has 1 aromatic carbocycles. The fourth-order valence-corrected chi connectivity index (χ4v) is 9.97. The highest BCUT2D eigenvalue weighted by Crippen LogP contribution is 2.46. The van der Waals surface area contributed by atoms with Crippen LogP contribution in [0, 0.1) is 5.41 Å². The molecule has 0 radical (unpaired) electrons. The Hall–Kier alpha value is -4.46. The number of carbonyl (C=O) groups excluding carboxylic acids is 2. The Bertz CT molecular complexity index is 2100. The molecule has 3 aliphatic carbocycles. The van der Waals surface area contributed by atoms with Crippen molar-refractivity contribution < 1.29 is 37.4 Å². The van der Waals surface area contributed by atoms with Crippen LogP contribution in [0.4, 0.5) is 0 Å². The largest absolute Gasteiger partial charge is 0.497 e. The molecular formula is C43H58N5O7S+. The lowest BCUT2D eigenvalue weighted by molar-refractivity contribution is -0.785. The van der Waals surface area contributed by atoms with Crippen LogP contribution in [0.3, 0.4) is 0 Å². The van der Waals surface area contributed by atoms with Gasteiger partial charge < -0.3 is 24.3 Å². The van der Waals surface area contributed by atoms with Crippen LogP contribution in [0.5, 0.6) is 0 Å². The van der Waals surface area contributed by atoms with Gasteiger partial charge in [0.15, 0.2) is 12.0 Å². The molecule has 56 heavy (non-hydrogen) atoms. The van der Waals surface area contributed by atoms with Gasteiger partial charge in [0.1, 0.15) is 11.4 Å². The molecule has 13 heteroatoms. The van der Waals surface area contributed by atoms with Gasteiger partial charge in [-0.3, -0.25) is 10.0 Å². The molecule has 302 valence electrons. The lowest BCUT2D eigenvalue weighted by Gasteiger charge is -2.31. The number of hydroxylamine groups is 1. The maximum atomic E-state index is 14.2. The number of amides is 1. The summed E-state index contributed by atoms with van der Waals surface area (Å²) in [5.41, 5.74) is 3.43. The van der Waals surface area contributed by atoms with Crippen molar-refractivity contribution in [2.24, 2.45) is 5.41 Å². The summed E-state index contributed by atoms with van der Waals surface area (Å²) in [6, 6.07) is 5.10. The van der Waals surface area contributed by atoms with Gasteiger partial charge in [0.25, 0.3) is 0 Å². The van der Waals surface area contributed by atoms with E-state index < -0.39 is 32.3 Å². The van der Waals surface area contributed by atoms with Gasteiger partial charge in [-0.05, 0) is 93.7 Å². The molecule has 1 aliphatic heterocycles. The summed E-state index contributed by atoms with van der Waals surface area (Å²) in [4.78, 5) is 29.5. The smallest absolute Gasteiger partial charge is 0.338 e. The van der Waals surface area contributed by atoms with Crippen molar-refractivity contribution in [2.75, 3.05) is 40.3 Å². The van der Waals surface area contributed by atoms with Crippen molar-refractivity contribution in [3.8, 4) is 0 Å². The van der Waals surface area contributed by atoms with E-state index in [2.05, 4.69) is 45.6 Å². The van der Waals surface area contributed by atoms with Crippen molar-refractivity contribution in [2.45, 2.75) is 95.1 Å². The monoisotopic (exact) mass is 788 g/mol. The minimum atomic E-state index is -3.79. The van der Waals surface area contributed by atoms with E-state index in [-0.39, 0.29) is 18.4 Å². The number of aromatic nitrogens is 1. The lowest BCUT2D eigenvalue weighted by Crippen LogP contribution is -2.46. The first kappa shape index (κ1) is 41.2. The van der Waals surface area contributed by atoms with Crippen LogP contribution < -0.4 is 10.0 Å². The number of ether oxygens (including phenoxy) is 2. The zero-order valence-corrected chi connectivity index (χ0v) is 34.2. The molecule has 3 atom stereocenters. The number of nitrogens with zero attached hydrogens (tertiary/aromatic N) is 3. The number of benzene rings is 1. The highest BCUT2D eigenvalue weighted by Gasteiger charge is 2.39. The van der Waals surface area contributed by atoms with E-state index in [4.69, 9.17) is 9.47 Å². The second-order valence-electron chi connectivity index (χ2n) is 16.6. The molecule has 6 rings (SSSR count). The number of hydrogen-bond donors (Lipinski definition) is 3. The molecule has 3 unspecified atom stereocenters. The first-order valence-electron chi connectivity index (χ1n) is 19.7. The normalized spacial score (nSPS) is 22.8. The maximum absolute atomic E-state index is 14.2. The Labute approximate surface area is 331 Å². The van der Waals surface area contributed by atoms with Crippen molar-refractivity contribution in [3.63, 3.8) is 0 Å². The van der Waals surface area contributed by atoms with E-state index in [0.29, 0.717) is 60.8 Å². The highest BCUT2D eigenvalue weighted by molar-refractivity contribution is 7.90. The van der Waals surface area contributed by atoms with Crippen LogP contribution in [0.2, 0.25) is 0 Å². The summed E-state index contributed by atoms with van der Waals surface area (Å²) >= 11 is 0. The van der Waals surface area contributed by atoms with E-state index in [9.17, 15) is 23.2 Å². The predicted molar refractivity (Wildman–Crippen MR) is 218 cm³/mol. The number of rotatable bonds is 13. The molecule has 3 N–H and O–H groups in total. The van der Waals surface area contributed by atoms with Gasteiger partial charge in [0, 0.05) is 60.2 Å². The standard InChI is InChI=1S/C43H57N5O7S/c1-42(2,3)55-41(50)31-18-19-34-36(25-31)48-29-32(26-43(20-12-15-33(27-43)54-6)28-37(48)39(34)30-13-8-7-9-14-30)40(49)44-21-23-46(4)24-22-45-56(52,53)38-17-11-10-16-35(38)47(5)51/h10-12,15-19,25-27,30,35,38,45H,5,7-9,13-14,20-24,28-29H2,1-4,6H3,(H-,44,49,51)/p+1. The Morgan fingerprint density at radius 1 is 1.09 bits per heavy atom. The second-order valence-corrected chi connectivity index (χ2v) is 18.5. The van der Waals surface area contributed by atoms with Gasteiger partial charge in [0.05, 0.1) is 19.2 Å². The third-order valence-corrected chi connectivity index (χ3v) is 13.0. The van der Waals surface area contributed by atoms with Crippen LogP contribution in [0.25, 0.3) is 10.9 Å². The van der Waals surface area contributed by atoms with Crippen molar-refractivity contribution in [3.05, 3.63) is 95.0 Å². The van der Waals surface area contributed by atoms with E-state index in [1.165, 1.54) is 36.6 Å². The van der Waals surface area contributed by atoms with E-state index >= 15 is 0 Å². The van der Waals surface area contributed by atoms with E-state index in [1.54, 1.807) is 25.3 Å². The zero-order valence-electron chi connectivity index (χ0n) is 33.4. The van der Waals surface area contributed by atoms with Gasteiger partial charge in [0.2, 0.25) is 22.0 Å². The summed E-state index contributed by atoms with van der Waals surface area (Å²) in [7, 11) is -0.248. The summed E-state index contributed by atoms with van der Waals surface area (Å²) in [5.74, 6) is 0.587. The number of esters is 1. The zero-order chi connectivity index (χ0) is 40.3. The van der Waals surface area contributed by atoms with Crippen molar-refractivity contribution in [1.82, 2.24) is 19.5 Å². The van der Waals surface area contributed by atoms with Gasteiger partial charge in [-0.25, -0.2) is 17.9 Å². The number of allylic oxidation sites excluding steroid dienone is 6. The van der Waals surface area contributed by atoms with E-state index in [1.807, 2.05) is 50.9 Å². The molecule has 0 saturated heterocycles. The first-order valence-corrected chi connectivity index (χ1v) is 21.3. The van der Waals surface area contributed by atoms with Gasteiger partial charge in [-0.15, -0.1) is 0 Å². The number of methoxy groups -OCH3 is 1. The number of carbonyl (C=O) groups is 2. The SMILES string of the molecule is C=[N+](O)C1C=CC=CC1S(=O)(=O)NCCN(C)CCNC(=O)C1=CC2(C=C(OC)C=CC2)Cc2c(C3CCCCC3)c3ccc(C(=O)OC(C)(C)C)cc3n2C1. The molecule has 12 nitrogen and oxygen atoms in total. The molecule has 4 aliphatic rings. The Morgan fingerprint density at radius 2 is 1.82 bits per heavy atom. The van der Waals surface area contributed by atoms with Crippen molar-refractivity contribution in [1.29, 1.82) is 0 Å². The van der Waals surface area contributed by atoms with Crippen LogP contribution in [-0.4, -0.2) is 104 Å². The first-order chi connectivity index (χ1) is 26.6. The summed E-state index contributed by atoms with van der Waals surface area (Å²) in [6.45, 7) is 10.8. The molecule has 2 aromatic rings. The van der Waals surface area contributed by atoms with Gasteiger partial charge in [-0.1, -0.05) is 55.7 Å². The maximum Gasteiger partial charge on any atom is 0.338 e. The molecule has 1 aromatic heterocycles. The fourth-order valence-electron chi connectivity index (χ4n) is 8.50. The third kappa shape index (κ3) is 9.38. The molecule has 0 bridgehead atoms. The highest BCUT2D eigenvalue weighted by atomic mass is 32.2. The molecule has 1 fully saturated rings. The van der Waals surface area contributed by atoms with Gasteiger partial charge >= 0.3 is 5.97 Å². The van der Waals surface area contributed by atoms with Crippen LogP contribution in [0.15, 0.2) is 78.1 Å². The van der Waals surface area contributed by atoms with Crippen LogP contribution in [0.1, 0.15) is 86.8 Å². The molecule has 1 saturated carbocycles. The Balaban J connectivity index is 1.23. The van der Waals surface area contributed by atoms with Crippen molar-refractivity contribution >= 4 is 39.5 Å². The summed E-state index contributed by atoms with van der Waals surface area (Å²) in [6.07, 6.45) is 22.0. The number of likely N-dealkylation sites (N-methyl/N-ethyl adjacent to an activating group) is 1. The fraction of sp³-hybridized carbons (Fsp3) is 0.512. The number of nitrogens with one attached hydrogen (secondary N) is 2. The lowest BCUT2D eigenvalue weighted by atomic mass is 9.74. The molecule has 1 spiro atoms. The van der Waals surface area contributed by atoms with Crippen LogP contribution >= 0.6 is 0 Å². The topological polar surface area (TPSA) is 142 Å². The van der Waals surface area contributed by atoms with Crippen LogP contribution in [-0.2, 0) is 37.3 Å². The number of sulfonamides is 1. The third-order valence-electron chi connectivity index (χ3n) is 11.2. The average Bonchev–Trinajstić information content (AvgIpc) is 3.35. The van der Waals surface area contributed by atoms with E-state index in [0.717, 1.165) is 29.5 Å². The number of hydrogen-bond acceptors (Lipinski definition) is 8. The predicted octanol–water partition coefficient (Wildman–Crippen LogP) is 5.54. The Morgan fingerprint density at radius 3 is 2.54 bits per heavy atom. The molecule has 2 heterocycles. The second kappa shape index (κ2) is 17.0. The molecule has 1 amide bonds. The summed E-state index contributed by atoms with van der Waals surface area (Å²) < 4.78 is 43.2. The van der Waals surface area contributed by atoms with Gasteiger partial charge in [-0.2, -0.15) is 0 Å². The number of fused-ring (bicyclic) bond motifs is 3. The summed E-state index contributed by atoms with van der Waals surface area (Å²) in [5, 5.41) is 13.1. The molecular weight excluding hydrogens is 731 g/mol. The quantitative estimate of drug-likeness (QED) is 0.0791. The minimum Gasteiger partial charge on any atom is -0.497 e. The Kier molecular flexibility index (Phi) is 12.5. The average molecular weight is 789 g/mol. The minimum absolute atomic E-state index is 0.156.